The summed E-state index contributed by atoms with van der Waals surface area (Å²) in [7, 11) is 0. The van der Waals surface area contributed by atoms with Crippen molar-refractivity contribution in [3.05, 3.63) is 35.4 Å². The molecule has 4 bridgehead atoms. The van der Waals surface area contributed by atoms with Crippen LogP contribution in [0, 0.1) is 34.8 Å². The van der Waals surface area contributed by atoms with Gasteiger partial charge in [0, 0.05) is 29.7 Å². The Hall–Kier alpha value is -1.10. The standard InChI is InChI=1S/C22H27F2NOS/c23-17-1-2-19(24)18(10-17)20-3-4-25(5-6-27-20)21(26)22-11-14-7-15(12-22)9-16(8-14)13-22/h1-2,10,14-16,20H,3-9,11-13H2. The van der Waals surface area contributed by atoms with Crippen LogP contribution < -0.4 is 0 Å². The van der Waals surface area contributed by atoms with Gasteiger partial charge in [0.15, 0.2) is 0 Å². The van der Waals surface area contributed by atoms with Crippen molar-refractivity contribution in [1.82, 2.24) is 4.90 Å². The van der Waals surface area contributed by atoms with Crippen LogP contribution in [-0.2, 0) is 4.79 Å². The molecule has 0 radical (unpaired) electrons. The van der Waals surface area contributed by atoms with E-state index in [4.69, 9.17) is 0 Å². The molecule has 5 fully saturated rings. The van der Waals surface area contributed by atoms with Crippen LogP contribution in [0.3, 0.4) is 0 Å². The molecule has 0 N–H and O–H groups in total. The van der Waals surface area contributed by atoms with E-state index in [1.54, 1.807) is 11.8 Å². The minimum absolute atomic E-state index is 0.0742. The minimum atomic E-state index is -0.391. The first kappa shape index (κ1) is 18.0. The van der Waals surface area contributed by atoms with Crippen LogP contribution in [0.15, 0.2) is 18.2 Å². The zero-order valence-corrected chi connectivity index (χ0v) is 16.4. The SMILES string of the molecule is O=C(N1CCSC(c2cc(F)ccc2F)CC1)C12CC3CC(CC(C3)C1)C2. The van der Waals surface area contributed by atoms with E-state index in [2.05, 4.69) is 4.90 Å². The van der Waals surface area contributed by atoms with Crippen molar-refractivity contribution in [3.8, 4) is 0 Å². The van der Waals surface area contributed by atoms with E-state index in [1.165, 1.54) is 37.5 Å². The first-order valence-corrected chi connectivity index (χ1v) is 11.4. The molecule has 0 spiro atoms. The highest BCUT2D eigenvalue weighted by molar-refractivity contribution is 7.99. The molecule has 2 nitrogen and oxygen atoms in total. The van der Waals surface area contributed by atoms with Crippen molar-refractivity contribution >= 4 is 17.7 Å². The number of hydrogen-bond donors (Lipinski definition) is 0. The van der Waals surface area contributed by atoms with Gasteiger partial charge in [-0.2, -0.15) is 11.8 Å². The summed E-state index contributed by atoms with van der Waals surface area (Å²) in [6.45, 7) is 1.40. The first-order valence-electron chi connectivity index (χ1n) is 10.4. The average molecular weight is 392 g/mol. The molecule has 27 heavy (non-hydrogen) atoms. The highest BCUT2D eigenvalue weighted by Crippen LogP contribution is 2.60. The molecular weight excluding hydrogens is 364 g/mol. The van der Waals surface area contributed by atoms with Crippen molar-refractivity contribution < 1.29 is 13.6 Å². The Labute approximate surface area is 164 Å². The molecule has 1 amide bonds. The van der Waals surface area contributed by atoms with Gasteiger partial charge in [-0.05, 0) is 80.9 Å². The quantitative estimate of drug-likeness (QED) is 0.692. The second-order valence-electron chi connectivity index (χ2n) is 9.30. The van der Waals surface area contributed by atoms with Gasteiger partial charge in [-0.1, -0.05) is 0 Å². The monoisotopic (exact) mass is 391 g/mol. The Morgan fingerprint density at radius 2 is 1.70 bits per heavy atom. The Balaban J connectivity index is 1.31. The summed E-state index contributed by atoms with van der Waals surface area (Å²) >= 11 is 1.66. The lowest BCUT2D eigenvalue weighted by atomic mass is 9.49. The molecule has 1 saturated heterocycles. The second kappa shape index (κ2) is 6.75. The smallest absolute Gasteiger partial charge is 0.228 e. The highest BCUT2D eigenvalue weighted by Gasteiger charge is 2.55. The molecule has 4 saturated carbocycles. The Bertz CT molecular complexity index is 717. The minimum Gasteiger partial charge on any atom is -0.341 e. The van der Waals surface area contributed by atoms with E-state index < -0.39 is 5.82 Å². The van der Waals surface area contributed by atoms with Crippen molar-refractivity contribution in [3.63, 3.8) is 0 Å². The van der Waals surface area contributed by atoms with Gasteiger partial charge < -0.3 is 4.90 Å². The molecule has 1 atom stereocenters. The number of benzene rings is 1. The normalized spacial score (nSPS) is 38.1. The Morgan fingerprint density at radius 3 is 2.37 bits per heavy atom. The van der Waals surface area contributed by atoms with E-state index in [9.17, 15) is 13.6 Å². The predicted molar refractivity (Wildman–Crippen MR) is 103 cm³/mol. The maximum atomic E-state index is 14.2. The maximum absolute atomic E-state index is 14.2. The lowest BCUT2D eigenvalue weighted by Crippen LogP contribution is -2.54. The molecule has 1 unspecified atom stereocenters. The zero-order valence-electron chi connectivity index (χ0n) is 15.6. The van der Waals surface area contributed by atoms with Crippen LogP contribution in [0.2, 0.25) is 0 Å². The fraction of sp³-hybridized carbons (Fsp3) is 0.682. The molecule has 1 aromatic rings. The number of carbonyl (C=O) groups is 1. The second-order valence-corrected chi connectivity index (χ2v) is 10.6. The number of amides is 1. The first-order chi connectivity index (χ1) is 13.0. The van der Waals surface area contributed by atoms with E-state index in [1.807, 2.05) is 0 Å². The van der Waals surface area contributed by atoms with Gasteiger partial charge in [0.1, 0.15) is 11.6 Å². The molecule has 4 aliphatic carbocycles. The third kappa shape index (κ3) is 3.20. The third-order valence-electron chi connectivity index (χ3n) is 7.43. The van der Waals surface area contributed by atoms with Gasteiger partial charge >= 0.3 is 0 Å². The van der Waals surface area contributed by atoms with Crippen molar-refractivity contribution in [2.24, 2.45) is 23.2 Å². The van der Waals surface area contributed by atoms with Gasteiger partial charge in [0.25, 0.3) is 0 Å². The number of hydrogen-bond acceptors (Lipinski definition) is 2. The fourth-order valence-corrected chi connectivity index (χ4v) is 7.93. The van der Waals surface area contributed by atoms with Gasteiger partial charge in [0.05, 0.1) is 5.41 Å². The third-order valence-corrected chi connectivity index (χ3v) is 8.74. The summed E-state index contributed by atoms with van der Waals surface area (Å²) in [6, 6.07) is 3.71. The fourth-order valence-electron chi connectivity index (χ4n) is 6.69. The molecule has 5 aliphatic rings. The molecule has 5 heteroatoms. The molecule has 1 aromatic carbocycles. The van der Waals surface area contributed by atoms with Crippen LogP contribution in [0.5, 0.6) is 0 Å². The van der Waals surface area contributed by atoms with E-state index in [-0.39, 0.29) is 16.5 Å². The Morgan fingerprint density at radius 1 is 1.04 bits per heavy atom. The van der Waals surface area contributed by atoms with Crippen LogP contribution in [0.1, 0.15) is 55.8 Å². The largest absolute Gasteiger partial charge is 0.341 e. The van der Waals surface area contributed by atoms with Crippen molar-refractivity contribution in [2.75, 3.05) is 18.8 Å². The van der Waals surface area contributed by atoms with E-state index >= 15 is 0 Å². The molecule has 1 heterocycles. The van der Waals surface area contributed by atoms with Crippen molar-refractivity contribution in [2.45, 2.75) is 50.2 Å². The topological polar surface area (TPSA) is 20.3 Å². The van der Waals surface area contributed by atoms with Gasteiger partial charge in [-0.25, -0.2) is 8.78 Å². The summed E-state index contributed by atoms with van der Waals surface area (Å²) in [6.07, 6.45) is 7.97. The summed E-state index contributed by atoms with van der Waals surface area (Å²) in [5.41, 5.74) is 0.340. The number of thioether (sulfide) groups is 1. The van der Waals surface area contributed by atoms with Crippen LogP contribution in [0.25, 0.3) is 0 Å². The van der Waals surface area contributed by atoms with E-state index in [0.717, 1.165) is 49.3 Å². The Kier molecular flexibility index (Phi) is 4.49. The van der Waals surface area contributed by atoms with Gasteiger partial charge in [-0.3, -0.25) is 4.79 Å². The number of rotatable bonds is 2. The molecular formula is C22H27F2NOS. The van der Waals surface area contributed by atoms with Crippen LogP contribution >= 0.6 is 11.8 Å². The number of nitrogens with zero attached hydrogens (tertiary/aromatic N) is 1. The van der Waals surface area contributed by atoms with Crippen LogP contribution in [0.4, 0.5) is 8.78 Å². The molecule has 0 aromatic heterocycles. The lowest BCUT2D eigenvalue weighted by molar-refractivity contribution is -0.157. The molecule has 146 valence electrons. The average Bonchev–Trinajstić information content (AvgIpc) is 2.88. The molecule has 1 aliphatic heterocycles. The molecule has 6 rings (SSSR count). The highest BCUT2D eigenvalue weighted by atomic mass is 32.2. The number of halogens is 2. The summed E-state index contributed by atoms with van der Waals surface area (Å²) in [4.78, 5) is 15.6. The summed E-state index contributed by atoms with van der Waals surface area (Å²) < 4.78 is 27.8. The van der Waals surface area contributed by atoms with Gasteiger partial charge in [-0.15, -0.1) is 0 Å². The van der Waals surface area contributed by atoms with Crippen LogP contribution in [-0.4, -0.2) is 29.6 Å². The van der Waals surface area contributed by atoms with Gasteiger partial charge in [0.2, 0.25) is 5.91 Å². The summed E-state index contributed by atoms with van der Waals surface area (Å²) in [5.74, 6) is 2.70. The van der Waals surface area contributed by atoms with E-state index in [0.29, 0.717) is 24.4 Å². The zero-order chi connectivity index (χ0) is 18.6. The van der Waals surface area contributed by atoms with Crippen molar-refractivity contribution in [1.29, 1.82) is 0 Å². The summed E-state index contributed by atoms with van der Waals surface area (Å²) in [5, 5.41) is -0.0742. The predicted octanol–water partition coefficient (Wildman–Crippen LogP) is 5.19. The number of carbonyl (C=O) groups excluding carboxylic acids is 1. The maximum Gasteiger partial charge on any atom is 0.228 e. The lowest BCUT2D eigenvalue weighted by Gasteiger charge is -2.56.